The van der Waals surface area contributed by atoms with Gasteiger partial charge in [-0.15, -0.1) is 0 Å². The van der Waals surface area contributed by atoms with E-state index >= 15 is 0 Å². The van der Waals surface area contributed by atoms with E-state index in [2.05, 4.69) is 10.5 Å². The normalized spacial score (nSPS) is 23.1. The summed E-state index contributed by atoms with van der Waals surface area (Å²) in [6.45, 7) is 1.65. The molecule has 24 heavy (non-hydrogen) atoms. The van der Waals surface area contributed by atoms with Gasteiger partial charge in [-0.2, -0.15) is 0 Å². The second-order valence-electron chi connectivity index (χ2n) is 6.73. The number of hydrogen-bond donors (Lipinski definition) is 1. The Balaban J connectivity index is 1.42. The smallest absolute Gasteiger partial charge is 0.323 e. The maximum atomic E-state index is 13.3. The molecule has 2 heterocycles. The molecule has 0 spiro atoms. The molecule has 1 aromatic carbocycles. The molecule has 1 saturated carbocycles. The molecule has 4 rings (SSSR count). The third-order valence-corrected chi connectivity index (χ3v) is 5.12. The summed E-state index contributed by atoms with van der Waals surface area (Å²) in [5, 5.41) is 6.65. The van der Waals surface area contributed by atoms with E-state index in [1.165, 1.54) is 37.8 Å². The van der Waals surface area contributed by atoms with Crippen LogP contribution in [0.5, 0.6) is 0 Å². The number of rotatable bonds is 2. The Morgan fingerprint density at radius 1 is 1.21 bits per heavy atom. The summed E-state index contributed by atoms with van der Waals surface area (Å²) in [6, 6.07) is 7.57. The summed E-state index contributed by atoms with van der Waals surface area (Å²) >= 11 is 0. The number of halogens is 1. The predicted molar refractivity (Wildman–Crippen MR) is 87.9 cm³/mol. The van der Waals surface area contributed by atoms with Crippen LogP contribution in [0.25, 0.3) is 11.3 Å². The molecular weight excluding hydrogens is 309 g/mol. The lowest BCUT2D eigenvalue weighted by Crippen LogP contribution is -2.33. The molecule has 1 aromatic heterocycles. The van der Waals surface area contributed by atoms with Crippen LogP contribution in [-0.2, 0) is 0 Å². The second kappa shape index (κ2) is 6.26. The highest BCUT2D eigenvalue weighted by Crippen LogP contribution is 2.36. The van der Waals surface area contributed by atoms with Gasteiger partial charge in [-0.25, -0.2) is 9.18 Å². The highest BCUT2D eigenvalue weighted by molar-refractivity contribution is 5.89. The van der Waals surface area contributed by atoms with Gasteiger partial charge in [-0.1, -0.05) is 30.1 Å². The summed E-state index contributed by atoms with van der Waals surface area (Å²) in [6.07, 6.45) is 5.00. The van der Waals surface area contributed by atoms with E-state index in [0.29, 0.717) is 29.0 Å². The van der Waals surface area contributed by atoms with E-state index < -0.39 is 0 Å². The average Bonchev–Trinajstić information content (AvgIpc) is 3.21. The van der Waals surface area contributed by atoms with E-state index in [9.17, 15) is 9.18 Å². The number of nitrogens with zero attached hydrogens (tertiary/aromatic N) is 2. The minimum Gasteiger partial charge on any atom is -0.354 e. The van der Waals surface area contributed by atoms with Gasteiger partial charge in [-0.05, 0) is 36.8 Å². The van der Waals surface area contributed by atoms with Crippen LogP contribution in [0.2, 0.25) is 0 Å². The Bertz CT molecular complexity index is 731. The largest absolute Gasteiger partial charge is 0.354 e. The van der Waals surface area contributed by atoms with Gasteiger partial charge in [0.15, 0.2) is 11.6 Å². The number of nitrogens with one attached hydrogen (secondary N) is 1. The lowest BCUT2D eigenvalue weighted by molar-refractivity contribution is 0.220. The van der Waals surface area contributed by atoms with Crippen molar-refractivity contribution in [3.8, 4) is 11.3 Å². The third kappa shape index (κ3) is 3.00. The van der Waals surface area contributed by atoms with Gasteiger partial charge < -0.3 is 9.42 Å². The Hall–Kier alpha value is -2.37. The van der Waals surface area contributed by atoms with Gasteiger partial charge in [0.05, 0.1) is 0 Å². The Morgan fingerprint density at radius 3 is 2.67 bits per heavy atom. The summed E-state index contributed by atoms with van der Waals surface area (Å²) in [4.78, 5) is 14.3. The van der Waals surface area contributed by atoms with Gasteiger partial charge >= 0.3 is 6.03 Å². The van der Waals surface area contributed by atoms with Gasteiger partial charge in [0.2, 0.25) is 0 Å². The summed E-state index contributed by atoms with van der Waals surface area (Å²) in [5.74, 6) is 1.73. The summed E-state index contributed by atoms with van der Waals surface area (Å²) in [7, 11) is 0. The number of benzene rings is 1. The van der Waals surface area contributed by atoms with Crippen LogP contribution in [0.15, 0.2) is 34.9 Å². The molecule has 2 atom stereocenters. The van der Waals surface area contributed by atoms with Crippen molar-refractivity contribution in [1.82, 2.24) is 10.1 Å². The van der Waals surface area contributed by atoms with Crippen molar-refractivity contribution in [3.63, 3.8) is 0 Å². The van der Waals surface area contributed by atoms with Gasteiger partial charge in [0.1, 0.15) is 5.82 Å². The molecule has 1 aliphatic carbocycles. The fourth-order valence-corrected chi connectivity index (χ4v) is 3.87. The minimum atomic E-state index is -0.339. The summed E-state index contributed by atoms with van der Waals surface area (Å²) in [5.41, 5.74) is 0.593. The zero-order chi connectivity index (χ0) is 16.5. The Morgan fingerprint density at radius 2 is 1.96 bits per heavy atom. The first-order chi connectivity index (χ1) is 11.7. The molecule has 1 aliphatic heterocycles. The van der Waals surface area contributed by atoms with Gasteiger partial charge in [0, 0.05) is 24.7 Å². The molecule has 2 amide bonds. The number of amides is 2. The fraction of sp³-hybridized carbons (Fsp3) is 0.444. The summed E-state index contributed by atoms with van der Waals surface area (Å²) < 4.78 is 18.5. The van der Waals surface area contributed by atoms with E-state index in [1.807, 2.05) is 4.90 Å². The van der Waals surface area contributed by atoms with Crippen LogP contribution >= 0.6 is 0 Å². The number of carbonyl (C=O) groups excluding carboxylic acids is 1. The predicted octanol–water partition coefficient (Wildman–Crippen LogP) is 4.13. The SMILES string of the molecule is O=C(Nc1cc(-c2cccc(F)c2)on1)N1CC2CCCCC2C1. The van der Waals surface area contributed by atoms with Crippen molar-refractivity contribution < 1.29 is 13.7 Å². The molecule has 2 aromatic rings. The molecule has 5 nitrogen and oxygen atoms in total. The molecule has 6 heteroatoms. The van der Waals surface area contributed by atoms with E-state index in [-0.39, 0.29) is 11.8 Å². The topological polar surface area (TPSA) is 58.4 Å². The fourth-order valence-electron chi connectivity index (χ4n) is 3.87. The monoisotopic (exact) mass is 329 g/mol. The lowest BCUT2D eigenvalue weighted by Gasteiger charge is -2.22. The third-order valence-electron chi connectivity index (χ3n) is 5.12. The van der Waals surface area contributed by atoms with Crippen molar-refractivity contribution in [2.24, 2.45) is 11.8 Å². The standard InChI is InChI=1S/C18H20FN3O2/c19-15-7-3-6-12(8-15)16-9-17(21-24-16)20-18(23)22-10-13-4-1-2-5-14(13)11-22/h3,6-9,13-14H,1-2,4-5,10-11H2,(H,20,21,23). The number of likely N-dealkylation sites (tertiary alicyclic amines) is 1. The number of aromatic nitrogens is 1. The van der Waals surface area contributed by atoms with Crippen LogP contribution < -0.4 is 5.32 Å². The average molecular weight is 329 g/mol. The molecule has 1 N–H and O–H groups in total. The van der Waals surface area contributed by atoms with Gasteiger partial charge in [-0.3, -0.25) is 5.32 Å². The first kappa shape index (κ1) is 15.2. The molecule has 1 saturated heterocycles. The minimum absolute atomic E-state index is 0.136. The Kier molecular flexibility index (Phi) is 3.96. The number of fused-ring (bicyclic) bond motifs is 1. The molecular formula is C18H20FN3O2. The van der Waals surface area contributed by atoms with Gasteiger partial charge in [0.25, 0.3) is 0 Å². The molecule has 0 bridgehead atoms. The van der Waals surface area contributed by atoms with Crippen molar-refractivity contribution in [2.75, 3.05) is 18.4 Å². The second-order valence-corrected chi connectivity index (χ2v) is 6.73. The lowest BCUT2D eigenvalue weighted by atomic mass is 9.82. The number of urea groups is 1. The Labute approximate surface area is 139 Å². The van der Waals surface area contributed by atoms with Crippen LogP contribution in [0.1, 0.15) is 25.7 Å². The zero-order valence-electron chi connectivity index (χ0n) is 13.4. The van der Waals surface area contributed by atoms with E-state index in [1.54, 1.807) is 18.2 Å². The number of hydrogen-bond acceptors (Lipinski definition) is 3. The van der Waals surface area contributed by atoms with Crippen molar-refractivity contribution in [2.45, 2.75) is 25.7 Å². The molecule has 0 radical (unpaired) electrons. The molecule has 2 unspecified atom stereocenters. The van der Waals surface area contributed by atoms with E-state index in [4.69, 9.17) is 4.52 Å². The first-order valence-corrected chi connectivity index (χ1v) is 8.47. The first-order valence-electron chi connectivity index (χ1n) is 8.47. The highest BCUT2D eigenvalue weighted by Gasteiger charge is 2.36. The van der Waals surface area contributed by atoms with Crippen LogP contribution in [0.4, 0.5) is 15.0 Å². The van der Waals surface area contributed by atoms with Crippen LogP contribution in [0.3, 0.4) is 0 Å². The maximum absolute atomic E-state index is 13.3. The quantitative estimate of drug-likeness (QED) is 0.901. The number of carbonyl (C=O) groups is 1. The zero-order valence-corrected chi connectivity index (χ0v) is 13.4. The van der Waals surface area contributed by atoms with Crippen molar-refractivity contribution >= 4 is 11.8 Å². The molecule has 126 valence electrons. The van der Waals surface area contributed by atoms with Crippen molar-refractivity contribution in [3.05, 3.63) is 36.1 Å². The van der Waals surface area contributed by atoms with Crippen LogP contribution in [0, 0.1) is 17.7 Å². The molecule has 2 aliphatic rings. The van der Waals surface area contributed by atoms with E-state index in [0.717, 1.165) is 13.1 Å². The van der Waals surface area contributed by atoms with Crippen molar-refractivity contribution in [1.29, 1.82) is 0 Å². The number of anilines is 1. The molecule has 2 fully saturated rings. The van der Waals surface area contributed by atoms with Crippen LogP contribution in [-0.4, -0.2) is 29.2 Å². The highest BCUT2D eigenvalue weighted by atomic mass is 19.1. The maximum Gasteiger partial charge on any atom is 0.323 e.